The molecule has 0 saturated carbocycles. The third-order valence-corrected chi connectivity index (χ3v) is 13.8. The third-order valence-electron chi connectivity index (χ3n) is 13.8. The molecule has 0 fully saturated rings. The Morgan fingerprint density at radius 2 is 0.559 bits per heavy atom. The van der Waals surface area contributed by atoms with Gasteiger partial charge in [0.05, 0.1) is 46.9 Å². The predicted octanol–water partition coefficient (Wildman–Crippen LogP) is 15.7. The lowest BCUT2D eigenvalue weighted by Gasteiger charge is -2.33. The molecule has 8 bridgehead atoms. The van der Waals surface area contributed by atoms with E-state index in [1.54, 1.807) is 0 Å². The van der Waals surface area contributed by atoms with Gasteiger partial charge in [0.2, 0.25) is 0 Å². The highest BCUT2D eigenvalue weighted by Crippen LogP contribution is 2.47. The summed E-state index contributed by atoms with van der Waals surface area (Å²) in [6.45, 7) is 35.9. The van der Waals surface area contributed by atoms with Gasteiger partial charge >= 0.3 is 0 Å². The molecule has 348 valence electrons. The van der Waals surface area contributed by atoms with Crippen molar-refractivity contribution >= 4 is 66.5 Å². The van der Waals surface area contributed by atoms with E-state index in [4.69, 9.17) is 38.7 Å². The van der Waals surface area contributed by atoms with Gasteiger partial charge < -0.3 is 8.83 Å². The van der Waals surface area contributed by atoms with Crippen molar-refractivity contribution in [1.82, 2.24) is 29.9 Å². The highest BCUT2D eigenvalue weighted by Gasteiger charge is 2.37. The second kappa shape index (κ2) is 16.0. The predicted molar refractivity (Wildman–Crippen MR) is 281 cm³/mol. The Hall–Kier alpha value is -6.54. The first kappa shape index (κ1) is 46.6. The Morgan fingerprint density at radius 1 is 0.338 bits per heavy atom. The fourth-order valence-electron chi connectivity index (χ4n) is 9.12. The molecule has 68 heavy (non-hydrogen) atoms. The van der Waals surface area contributed by atoms with E-state index in [0.29, 0.717) is 44.4 Å². The smallest absolute Gasteiger partial charge is 0.157 e. The van der Waals surface area contributed by atoms with E-state index < -0.39 is 10.8 Å². The molecule has 0 spiro atoms. The summed E-state index contributed by atoms with van der Waals surface area (Å²) in [5, 5.41) is 0. The van der Waals surface area contributed by atoms with Gasteiger partial charge in [-0.05, 0) is 92.4 Å². The summed E-state index contributed by atoms with van der Waals surface area (Å²) >= 11 is 0. The van der Waals surface area contributed by atoms with Gasteiger partial charge in [0.25, 0.3) is 0 Å². The Labute approximate surface area is 401 Å². The van der Waals surface area contributed by atoms with Gasteiger partial charge in [-0.1, -0.05) is 147 Å². The molecule has 8 nitrogen and oxygen atoms in total. The Kier molecular flexibility index (Phi) is 11.0. The second-order valence-electron chi connectivity index (χ2n) is 23.9. The zero-order valence-electron chi connectivity index (χ0n) is 42.9. The van der Waals surface area contributed by atoms with Crippen LogP contribution >= 0.6 is 0 Å². The number of aromatic nitrogens is 6. The molecule has 8 heteroatoms. The van der Waals surface area contributed by atoms with Gasteiger partial charge in [0.1, 0.15) is 22.1 Å². The van der Waals surface area contributed by atoms with E-state index >= 15 is 0 Å². The molecule has 0 N–H and O–H groups in total. The summed E-state index contributed by atoms with van der Waals surface area (Å²) in [5.74, 6) is 0. The lowest BCUT2D eigenvalue weighted by atomic mass is 9.72. The van der Waals surface area contributed by atoms with Gasteiger partial charge in [0, 0.05) is 33.1 Å². The van der Waals surface area contributed by atoms with E-state index in [1.807, 2.05) is 61.2 Å². The van der Waals surface area contributed by atoms with Crippen LogP contribution in [0.25, 0.3) is 66.5 Å². The number of hydrogen-bond donors (Lipinski definition) is 0. The maximum absolute atomic E-state index is 7.10. The fraction of sp³-hybridized carbons (Fsp3) is 0.367. The van der Waals surface area contributed by atoms with Gasteiger partial charge in [-0.2, -0.15) is 0 Å². The van der Waals surface area contributed by atoms with Crippen LogP contribution < -0.4 is 0 Å². The van der Waals surface area contributed by atoms with Gasteiger partial charge in [0.15, 0.2) is 22.3 Å². The lowest BCUT2D eigenvalue weighted by Crippen LogP contribution is -2.25. The van der Waals surface area contributed by atoms with E-state index in [9.17, 15) is 0 Å². The molecular formula is C60H66N6O2. The van der Waals surface area contributed by atoms with Crippen molar-refractivity contribution in [2.24, 2.45) is 0 Å². The second-order valence-corrected chi connectivity index (χ2v) is 23.9. The summed E-state index contributed by atoms with van der Waals surface area (Å²) in [4.78, 5) is 30.8. The molecule has 9 rings (SSSR count). The number of fused-ring (bicyclic) bond motifs is 4. The fourth-order valence-corrected chi connectivity index (χ4v) is 9.12. The zero-order valence-corrected chi connectivity index (χ0v) is 42.9. The standard InChI is InChI=1S/C60H66N6O2/c1-55(2,3)35-23-43-51-47(27-35)61-31-39-19-17-20-40(65-39)32-63-49-29-37(57(7,8)9)25-45-53(49)68-54-46(60(45,15)16)26-38(58(10,11)12)30-50(54)64-34-42-22-18-21-41(66-42)33-62-48-28-36(56(4,5)6)24-44(52(48)67-51)59(43,13)14/h17-34H,1-16H3. The Bertz CT molecular complexity index is 3110. The van der Waals surface area contributed by atoms with Gasteiger partial charge in [-0.15, -0.1) is 0 Å². The van der Waals surface area contributed by atoms with Crippen molar-refractivity contribution in [1.29, 1.82) is 0 Å². The quantitative estimate of drug-likeness (QED) is 0.148. The molecule has 7 aromatic rings. The third kappa shape index (κ3) is 8.63. The molecule has 0 atom stereocenters. The SMILES string of the molecule is CC(C)(C)c1cc2c3oc4c(cc(C(C)(C)C)cc4ncc4cccc(cnc5cc(C(C)(C)C)cc6c5oc5c(cc(C(C)(C)C)cc5ncc5cccc(cnc3c1)n5)C6(C)C)n4)C2(C)C. The van der Waals surface area contributed by atoms with Crippen LogP contribution in [0.3, 0.4) is 0 Å². The van der Waals surface area contributed by atoms with E-state index in [0.717, 1.165) is 44.3 Å². The molecular weight excluding hydrogens is 837 g/mol. The summed E-state index contributed by atoms with van der Waals surface area (Å²) in [6, 6.07) is 29.6. The van der Waals surface area contributed by atoms with Crippen LogP contribution in [-0.2, 0) is 32.5 Å². The van der Waals surface area contributed by atoms with Crippen molar-refractivity contribution in [3.05, 3.63) is 154 Å². The van der Waals surface area contributed by atoms with Crippen molar-refractivity contribution in [3.8, 4) is 0 Å². The number of benzene rings is 4. The van der Waals surface area contributed by atoms with Crippen LogP contribution in [0.2, 0.25) is 0 Å². The van der Waals surface area contributed by atoms with E-state index in [2.05, 4.69) is 159 Å². The van der Waals surface area contributed by atoms with Gasteiger partial charge in [-0.3, -0.25) is 19.9 Å². The Morgan fingerprint density at radius 3 is 0.765 bits per heavy atom. The molecule has 0 radical (unpaired) electrons. The minimum absolute atomic E-state index is 0.152. The first-order chi connectivity index (χ1) is 31.7. The molecule has 0 saturated heterocycles. The van der Waals surface area contributed by atoms with E-state index in [-0.39, 0.29) is 21.7 Å². The largest absolute Gasteiger partial charge is 0.452 e. The van der Waals surface area contributed by atoms with Crippen molar-refractivity contribution < 1.29 is 8.83 Å². The highest BCUT2D eigenvalue weighted by molar-refractivity contribution is 5.89. The van der Waals surface area contributed by atoms with Crippen LogP contribution in [0.5, 0.6) is 0 Å². The van der Waals surface area contributed by atoms with Crippen LogP contribution in [0.15, 0.2) is 119 Å². The summed E-state index contributed by atoms with van der Waals surface area (Å²) in [6.07, 6.45) is 7.29. The van der Waals surface area contributed by atoms with Crippen LogP contribution in [0, 0.1) is 0 Å². The lowest BCUT2D eigenvalue weighted by molar-refractivity contribution is 0.542. The van der Waals surface area contributed by atoms with Gasteiger partial charge in [-0.25, -0.2) is 9.97 Å². The average molecular weight is 903 g/mol. The first-order valence-electron chi connectivity index (χ1n) is 23.9. The topological polar surface area (TPSA) is 104 Å². The van der Waals surface area contributed by atoms with Crippen molar-refractivity contribution in [3.63, 3.8) is 0 Å². The average Bonchev–Trinajstić information content (AvgIpc) is 3.24. The maximum atomic E-state index is 7.10. The Balaban J connectivity index is 1.47. The summed E-state index contributed by atoms with van der Waals surface area (Å²) in [7, 11) is 0. The molecule has 5 heterocycles. The van der Waals surface area contributed by atoms with Crippen LogP contribution in [0.1, 0.15) is 155 Å². The molecule has 2 aliphatic heterocycles. The zero-order chi connectivity index (χ0) is 48.9. The minimum atomic E-state index is -0.457. The molecule has 0 unspecified atom stereocenters. The number of nitrogens with zero attached hydrogens (tertiary/aromatic N) is 6. The molecule has 0 aliphatic carbocycles. The first-order valence-corrected chi connectivity index (χ1v) is 23.9. The molecule has 4 aromatic carbocycles. The van der Waals surface area contributed by atoms with E-state index in [1.165, 1.54) is 22.3 Å². The highest BCUT2D eigenvalue weighted by atomic mass is 16.3. The molecule has 0 amide bonds. The van der Waals surface area contributed by atoms with Crippen LogP contribution in [0.4, 0.5) is 0 Å². The minimum Gasteiger partial charge on any atom is -0.452 e. The summed E-state index contributed by atoms with van der Waals surface area (Å²) in [5.41, 5.74) is 15.9. The van der Waals surface area contributed by atoms with Crippen LogP contribution in [-0.4, -0.2) is 29.9 Å². The number of rotatable bonds is 0. The normalized spacial score (nSPS) is 14.7. The number of pyridine rings is 2. The summed E-state index contributed by atoms with van der Waals surface area (Å²) < 4.78 is 14.2. The maximum Gasteiger partial charge on any atom is 0.157 e. The molecule has 3 aromatic heterocycles. The van der Waals surface area contributed by atoms with Crippen molar-refractivity contribution in [2.45, 2.75) is 143 Å². The monoisotopic (exact) mass is 903 g/mol. The van der Waals surface area contributed by atoms with Crippen molar-refractivity contribution in [2.75, 3.05) is 0 Å². The number of hydrogen-bond acceptors (Lipinski definition) is 8. The molecule has 2 aliphatic rings.